The largest absolute Gasteiger partial charge is 0.357 e. The summed E-state index contributed by atoms with van der Waals surface area (Å²) >= 11 is 24.1. The third-order valence-electron chi connectivity index (χ3n) is 4.11. The highest BCUT2D eigenvalue weighted by Crippen LogP contribution is 2.25. The maximum Gasteiger partial charge on any atom is 0.242 e. The molecule has 2 rings (SSSR count). The molecule has 0 saturated heterocycles. The summed E-state index contributed by atoms with van der Waals surface area (Å²) in [5.41, 5.74) is 1.39. The summed E-state index contributed by atoms with van der Waals surface area (Å²) in [6.07, 6.45) is 0.0728. The number of likely N-dealkylation sites (N-methyl/N-ethyl adjacent to an activating group) is 1. The van der Waals surface area contributed by atoms with E-state index < -0.39 is 6.04 Å². The van der Waals surface area contributed by atoms with Crippen LogP contribution in [0.1, 0.15) is 18.1 Å². The first-order valence-corrected chi connectivity index (χ1v) is 9.63. The zero-order chi connectivity index (χ0) is 20.1. The highest BCUT2D eigenvalue weighted by Gasteiger charge is 2.26. The molecule has 0 bridgehead atoms. The van der Waals surface area contributed by atoms with Crippen LogP contribution in [0.3, 0.4) is 0 Å². The third kappa shape index (κ3) is 5.76. The van der Waals surface area contributed by atoms with Crippen molar-refractivity contribution in [3.05, 3.63) is 67.6 Å². The predicted octanol–water partition coefficient (Wildman–Crippen LogP) is 5.01. The zero-order valence-electron chi connectivity index (χ0n) is 14.7. The van der Waals surface area contributed by atoms with E-state index in [0.29, 0.717) is 31.2 Å². The Bertz CT molecular complexity index is 858. The summed E-state index contributed by atoms with van der Waals surface area (Å²) in [4.78, 5) is 26.6. The highest BCUT2D eigenvalue weighted by atomic mass is 35.5. The van der Waals surface area contributed by atoms with Crippen LogP contribution in [0.25, 0.3) is 0 Å². The minimum absolute atomic E-state index is 0.0728. The van der Waals surface area contributed by atoms with E-state index >= 15 is 0 Å². The molecule has 2 aromatic rings. The second-order valence-electron chi connectivity index (χ2n) is 5.97. The lowest BCUT2D eigenvalue weighted by atomic mass is 10.1. The van der Waals surface area contributed by atoms with Gasteiger partial charge in [0, 0.05) is 23.6 Å². The molecule has 27 heavy (non-hydrogen) atoms. The van der Waals surface area contributed by atoms with Crippen molar-refractivity contribution in [2.45, 2.75) is 25.9 Å². The van der Waals surface area contributed by atoms with Crippen molar-refractivity contribution in [2.75, 3.05) is 7.05 Å². The lowest BCUT2D eigenvalue weighted by molar-refractivity contribution is -0.139. The quantitative estimate of drug-likeness (QED) is 0.676. The number of nitrogens with zero attached hydrogens (tertiary/aromatic N) is 1. The molecule has 144 valence electrons. The summed E-state index contributed by atoms with van der Waals surface area (Å²) in [5, 5.41) is 4.27. The Hall–Kier alpha value is -1.46. The number of halogens is 4. The Labute approximate surface area is 178 Å². The molecule has 4 nitrogen and oxygen atoms in total. The van der Waals surface area contributed by atoms with E-state index in [1.165, 1.54) is 11.9 Å². The molecule has 0 aliphatic carbocycles. The fraction of sp³-hybridized carbons (Fsp3) is 0.263. The molecule has 0 aliphatic heterocycles. The molecule has 0 aromatic heterocycles. The first-order chi connectivity index (χ1) is 12.7. The van der Waals surface area contributed by atoms with Crippen LogP contribution in [0.15, 0.2) is 36.4 Å². The monoisotopic (exact) mass is 446 g/mol. The molecule has 1 N–H and O–H groups in total. The van der Waals surface area contributed by atoms with Crippen LogP contribution in [-0.2, 0) is 22.6 Å². The zero-order valence-corrected chi connectivity index (χ0v) is 17.8. The summed E-state index contributed by atoms with van der Waals surface area (Å²) < 4.78 is 0. The number of rotatable bonds is 6. The van der Waals surface area contributed by atoms with Gasteiger partial charge >= 0.3 is 0 Å². The number of hydrogen-bond donors (Lipinski definition) is 1. The number of benzene rings is 2. The average molecular weight is 448 g/mol. The van der Waals surface area contributed by atoms with Gasteiger partial charge in [0.25, 0.3) is 0 Å². The number of carbonyl (C=O) groups excluding carboxylic acids is 2. The molecule has 0 radical (unpaired) electrons. The summed E-state index contributed by atoms with van der Waals surface area (Å²) in [6.45, 7) is 1.83. The lowest BCUT2D eigenvalue weighted by Crippen LogP contribution is -2.47. The molecular weight excluding hydrogens is 430 g/mol. The molecule has 0 aliphatic rings. The fourth-order valence-corrected chi connectivity index (χ4v) is 3.34. The van der Waals surface area contributed by atoms with Crippen molar-refractivity contribution < 1.29 is 9.59 Å². The van der Waals surface area contributed by atoms with E-state index in [-0.39, 0.29) is 24.8 Å². The standard InChI is InChI=1S/C19H18Cl4N2O2/c1-11(19(27)24-2)25(10-13-4-5-14(20)9-16(13)22)18(26)8-12-3-6-15(21)17(23)7-12/h3-7,9,11H,8,10H2,1-2H3,(H,24,27)/t11-/m0/s1. The fourth-order valence-electron chi connectivity index (χ4n) is 2.55. The van der Waals surface area contributed by atoms with Gasteiger partial charge in [-0.1, -0.05) is 58.5 Å². The molecule has 2 amide bonds. The topological polar surface area (TPSA) is 49.4 Å². The number of nitrogens with one attached hydrogen (secondary N) is 1. The molecule has 0 unspecified atom stereocenters. The maximum absolute atomic E-state index is 13.0. The smallest absolute Gasteiger partial charge is 0.242 e. The van der Waals surface area contributed by atoms with Crippen molar-refractivity contribution in [2.24, 2.45) is 0 Å². The van der Waals surface area contributed by atoms with Crippen molar-refractivity contribution in [1.82, 2.24) is 10.2 Å². The van der Waals surface area contributed by atoms with Crippen LogP contribution >= 0.6 is 46.4 Å². The SMILES string of the molecule is CNC(=O)[C@H](C)N(Cc1ccc(Cl)cc1Cl)C(=O)Cc1ccc(Cl)c(Cl)c1. The molecule has 2 aromatic carbocycles. The van der Waals surface area contributed by atoms with Crippen molar-refractivity contribution in [3.63, 3.8) is 0 Å². The van der Waals surface area contributed by atoms with Crippen LogP contribution in [0.4, 0.5) is 0 Å². The normalized spacial score (nSPS) is 11.8. The number of hydrogen-bond acceptors (Lipinski definition) is 2. The molecule has 0 saturated carbocycles. The molecule has 1 atom stereocenters. The van der Waals surface area contributed by atoms with Gasteiger partial charge in [-0.25, -0.2) is 0 Å². The first-order valence-electron chi connectivity index (χ1n) is 8.11. The van der Waals surface area contributed by atoms with Crippen molar-refractivity contribution in [1.29, 1.82) is 0 Å². The van der Waals surface area contributed by atoms with E-state index in [2.05, 4.69) is 5.32 Å². The Morgan fingerprint density at radius 3 is 2.30 bits per heavy atom. The van der Waals surface area contributed by atoms with E-state index in [9.17, 15) is 9.59 Å². The van der Waals surface area contributed by atoms with Gasteiger partial charge in [0.05, 0.1) is 16.5 Å². The van der Waals surface area contributed by atoms with Gasteiger partial charge in [-0.05, 0) is 42.3 Å². The third-order valence-corrected chi connectivity index (χ3v) is 5.43. The minimum atomic E-state index is -0.683. The number of amides is 2. The molecular formula is C19H18Cl4N2O2. The van der Waals surface area contributed by atoms with Gasteiger partial charge in [-0.3, -0.25) is 9.59 Å². The van der Waals surface area contributed by atoms with Gasteiger partial charge in [-0.15, -0.1) is 0 Å². The Morgan fingerprint density at radius 2 is 1.70 bits per heavy atom. The van der Waals surface area contributed by atoms with Crippen molar-refractivity contribution >= 4 is 58.2 Å². The van der Waals surface area contributed by atoms with Crippen LogP contribution < -0.4 is 5.32 Å². The second-order valence-corrected chi connectivity index (χ2v) is 7.63. The molecule has 0 fully saturated rings. The van der Waals surface area contributed by atoms with E-state index in [1.807, 2.05) is 0 Å². The minimum Gasteiger partial charge on any atom is -0.357 e. The van der Waals surface area contributed by atoms with Crippen LogP contribution in [0.5, 0.6) is 0 Å². The Morgan fingerprint density at radius 1 is 1.00 bits per heavy atom. The molecule has 8 heteroatoms. The predicted molar refractivity (Wildman–Crippen MR) is 111 cm³/mol. The van der Waals surface area contributed by atoms with Gasteiger partial charge in [0.2, 0.25) is 11.8 Å². The molecule has 0 heterocycles. The highest BCUT2D eigenvalue weighted by molar-refractivity contribution is 6.42. The van der Waals surface area contributed by atoms with Crippen LogP contribution in [0, 0.1) is 0 Å². The van der Waals surface area contributed by atoms with Gasteiger partial charge in [0.1, 0.15) is 6.04 Å². The van der Waals surface area contributed by atoms with Gasteiger partial charge in [-0.2, -0.15) is 0 Å². The summed E-state index contributed by atoms with van der Waals surface area (Å²) in [5.74, 6) is -0.516. The van der Waals surface area contributed by atoms with Crippen molar-refractivity contribution in [3.8, 4) is 0 Å². The Balaban J connectivity index is 2.28. The second kappa shape index (κ2) is 9.65. The van der Waals surface area contributed by atoms with Gasteiger partial charge < -0.3 is 10.2 Å². The van der Waals surface area contributed by atoms with E-state index in [0.717, 1.165) is 0 Å². The Kier molecular flexibility index (Phi) is 7.80. The van der Waals surface area contributed by atoms with Gasteiger partial charge in [0.15, 0.2) is 0 Å². The summed E-state index contributed by atoms with van der Waals surface area (Å²) in [6, 6.07) is 9.34. The van der Waals surface area contributed by atoms with Crippen LogP contribution in [-0.4, -0.2) is 29.8 Å². The van der Waals surface area contributed by atoms with E-state index in [4.69, 9.17) is 46.4 Å². The first kappa shape index (κ1) is 21.8. The number of carbonyl (C=O) groups is 2. The van der Waals surface area contributed by atoms with E-state index in [1.54, 1.807) is 43.3 Å². The molecule has 0 spiro atoms. The summed E-state index contributed by atoms with van der Waals surface area (Å²) in [7, 11) is 1.52. The maximum atomic E-state index is 13.0. The average Bonchev–Trinajstić information content (AvgIpc) is 2.62. The van der Waals surface area contributed by atoms with Crippen LogP contribution in [0.2, 0.25) is 20.1 Å². The lowest BCUT2D eigenvalue weighted by Gasteiger charge is -2.29.